The molecule has 4 rings (SSSR count). The Labute approximate surface area is 168 Å². The number of aryl methyl sites for hydroxylation is 1. The normalized spacial score (nSPS) is 11.4. The lowest BCUT2D eigenvalue weighted by molar-refractivity contribution is 0.833. The van der Waals surface area contributed by atoms with Crippen molar-refractivity contribution in [3.05, 3.63) is 88.0 Å². The second kappa shape index (κ2) is 7.63. The van der Waals surface area contributed by atoms with E-state index in [1.165, 1.54) is 11.3 Å². The minimum Gasteiger partial charge on any atom is -0.237 e. The largest absolute Gasteiger partial charge is 0.237 e. The van der Waals surface area contributed by atoms with E-state index < -0.39 is 0 Å². The van der Waals surface area contributed by atoms with Crippen molar-refractivity contribution in [1.29, 1.82) is 5.26 Å². The molecule has 0 aliphatic rings. The van der Waals surface area contributed by atoms with Crippen LogP contribution in [0.2, 0.25) is 0 Å². The van der Waals surface area contributed by atoms with Crippen molar-refractivity contribution in [3.63, 3.8) is 0 Å². The molecule has 4 nitrogen and oxygen atoms in total. The van der Waals surface area contributed by atoms with Crippen molar-refractivity contribution >= 4 is 23.0 Å². The molecule has 5 heteroatoms. The summed E-state index contributed by atoms with van der Waals surface area (Å²) in [6, 6.07) is 22.3. The minimum absolute atomic E-state index is 0.547. The Morgan fingerprint density at radius 1 is 1.04 bits per heavy atom. The van der Waals surface area contributed by atoms with Crippen molar-refractivity contribution in [1.82, 2.24) is 14.8 Å². The first-order valence-electron chi connectivity index (χ1n) is 8.92. The van der Waals surface area contributed by atoms with Crippen molar-refractivity contribution in [2.24, 2.45) is 0 Å². The number of benzene rings is 2. The van der Waals surface area contributed by atoms with Crippen LogP contribution in [0.15, 0.2) is 66.0 Å². The smallest absolute Gasteiger partial charge is 0.134 e. The molecule has 0 spiro atoms. The topological polar surface area (TPSA) is 54.5 Å². The van der Waals surface area contributed by atoms with Crippen molar-refractivity contribution in [3.8, 4) is 23.0 Å². The molecule has 0 saturated heterocycles. The maximum atomic E-state index is 9.75. The molecular weight excluding hydrogens is 364 g/mol. The summed E-state index contributed by atoms with van der Waals surface area (Å²) in [4.78, 5) is 4.67. The van der Waals surface area contributed by atoms with Crippen LogP contribution in [0, 0.1) is 25.2 Å². The average molecular weight is 382 g/mol. The summed E-state index contributed by atoms with van der Waals surface area (Å²) in [5, 5.41) is 17.1. The minimum atomic E-state index is 0.547. The molecule has 0 fully saturated rings. The van der Waals surface area contributed by atoms with E-state index in [1.807, 2.05) is 90.6 Å². The third-order valence-electron chi connectivity index (χ3n) is 4.56. The van der Waals surface area contributed by atoms with Crippen molar-refractivity contribution in [2.45, 2.75) is 13.8 Å². The Morgan fingerprint density at radius 3 is 2.39 bits per heavy atom. The number of hydrogen-bond acceptors (Lipinski definition) is 4. The molecule has 0 atom stereocenters. The third kappa shape index (κ3) is 3.38. The lowest BCUT2D eigenvalue weighted by atomic mass is 10.1. The van der Waals surface area contributed by atoms with Crippen LogP contribution in [0.25, 0.3) is 28.6 Å². The van der Waals surface area contributed by atoms with Crippen LogP contribution in [0.5, 0.6) is 0 Å². The number of allylic oxidation sites excluding steroid dienone is 1. The maximum Gasteiger partial charge on any atom is 0.134 e. The molecule has 0 radical (unpaired) electrons. The van der Waals surface area contributed by atoms with Gasteiger partial charge in [-0.25, -0.2) is 9.67 Å². The zero-order valence-electron chi connectivity index (χ0n) is 15.6. The van der Waals surface area contributed by atoms with Gasteiger partial charge >= 0.3 is 0 Å². The van der Waals surface area contributed by atoms with E-state index in [0.717, 1.165) is 33.9 Å². The van der Waals surface area contributed by atoms with E-state index in [0.29, 0.717) is 10.6 Å². The van der Waals surface area contributed by atoms with Crippen LogP contribution >= 0.6 is 11.3 Å². The third-order valence-corrected chi connectivity index (χ3v) is 5.44. The summed E-state index contributed by atoms with van der Waals surface area (Å²) in [7, 11) is 0. The molecule has 4 aromatic rings. The van der Waals surface area contributed by atoms with Gasteiger partial charge in [-0.15, -0.1) is 11.3 Å². The molecule has 0 saturated carbocycles. The van der Waals surface area contributed by atoms with Gasteiger partial charge in [0.25, 0.3) is 0 Å². The Hall–Kier alpha value is -3.49. The van der Waals surface area contributed by atoms with Crippen LogP contribution in [0.1, 0.15) is 22.0 Å². The Balaban J connectivity index is 1.73. The number of rotatable bonds is 4. The molecule has 0 unspecified atom stereocenters. The predicted molar refractivity (Wildman–Crippen MR) is 114 cm³/mol. The van der Waals surface area contributed by atoms with E-state index in [2.05, 4.69) is 16.2 Å². The van der Waals surface area contributed by atoms with E-state index >= 15 is 0 Å². The molecule has 0 amide bonds. The van der Waals surface area contributed by atoms with Crippen molar-refractivity contribution in [2.75, 3.05) is 0 Å². The van der Waals surface area contributed by atoms with Crippen LogP contribution in [-0.2, 0) is 0 Å². The fourth-order valence-electron chi connectivity index (χ4n) is 3.11. The van der Waals surface area contributed by atoms with E-state index in [9.17, 15) is 5.26 Å². The Morgan fingerprint density at radius 2 is 1.71 bits per heavy atom. The van der Waals surface area contributed by atoms with Crippen LogP contribution in [-0.4, -0.2) is 14.8 Å². The predicted octanol–water partition coefficient (Wildman–Crippen LogP) is 5.68. The summed E-state index contributed by atoms with van der Waals surface area (Å²) in [6.45, 7) is 3.98. The molecule has 0 N–H and O–H groups in total. The molecule has 2 heterocycles. The van der Waals surface area contributed by atoms with E-state index in [-0.39, 0.29) is 0 Å². The molecular formula is C23H18N4S. The maximum absolute atomic E-state index is 9.75. The number of nitriles is 1. The number of nitrogens with zero attached hydrogens (tertiary/aromatic N) is 4. The van der Waals surface area contributed by atoms with E-state index in [1.54, 1.807) is 0 Å². The van der Waals surface area contributed by atoms with Gasteiger partial charge in [0.2, 0.25) is 0 Å². The summed E-state index contributed by atoms with van der Waals surface area (Å²) in [5.41, 5.74) is 6.32. The quantitative estimate of drug-likeness (QED) is 0.427. The number of para-hydroxylation sites is 1. The SMILES string of the molecule is Cc1nn(-c2ccccc2)c(C)c1C=C(C#N)c1nc(-c2ccccc2)cs1. The van der Waals surface area contributed by atoms with E-state index in [4.69, 9.17) is 0 Å². The van der Waals surface area contributed by atoms with Gasteiger partial charge in [0, 0.05) is 22.2 Å². The van der Waals surface area contributed by atoms with Crippen LogP contribution in [0.4, 0.5) is 0 Å². The van der Waals surface area contributed by atoms with Gasteiger partial charge in [-0.3, -0.25) is 0 Å². The highest BCUT2D eigenvalue weighted by Crippen LogP contribution is 2.28. The molecule has 0 aliphatic carbocycles. The monoisotopic (exact) mass is 382 g/mol. The Bertz CT molecular complexity index is 1180. The molecule has 2 aromatic heterocycles. The van der Waals surface area contributed by atoms with Gasteiger partial charge in [0.15, 0.2) is 0 Å². The van der Waals surface area contributed by atoms with Gasteiger partial charge < -0.3 is 0 Å². The standard InChI is InChI=1S/C23H18N4S/c1-16-21(17(2)27(26-16)20-11-7-4-8-12-20)13-19(14-24)23-25-22(15-28-23)18-9-5-3-6-10-18/h3-13,15H,1-2H3. The zero-order chi connectivity index (χ0) is 19.5. The second-order valence-electron chi connectivity index (χ2n) is 6.41. The fourth-order valence-corrected chi connectivity index (χ4v) is 3.90. The lowest BCUT2D eigenvalue weighted by Gasteiger charge is -2.03. The van der Waals surface area contributed by atoms with Crippen molar-refractivity contribution < 1.29 is 0 Å². The summed E-state index contributed by atoms with van der Waals surface area (Å²) < 4.78 is 1.91. The number of aromatic nitrogens is 3. The first kappa shape index (κ1) is 17.9. The first-order valence-corrected chi connectivity index (χ1v) is 9.80. The molecule has 2 aromatic carbocycles. The van der Waals surface area contributed by atoms with Gasteiger partial charge in [-0.2, -0.15) is 10.4 Å². The highest BCUT2D eigenvalue weighted by molar-refractivity contribution is 7.11. The van der Waals surface area contributed by atoms with Gasteiger partial charge in [0.05, 0.1) is 22.6 Å². The lowest BCUT2D eigenvalue weighted by Crippen LogP contribution is -1.98. The zero-order valence-corrected chi connectivity index (χ0v) is 16.4. The molecule has 0 aliphatic heterocycles. The summed E-state index contributed by atoms with van der Waals surface area (Å²) in [5.74, 6) is 0. The second-order valence-corrected chi connectivity index (χ2v) is 7.26. The van der Waals surface area contributed by atoms with Crippen LogP contribution in [0.3, 0.4) is 0 Å². The fraction of sp³-hybridized carbons (Fsp3) is 0.0870. The molecule has 0 bridgehead atoms. The van der Waals surface area contributed by atoms with Gasteiger partial charge in [-0.1, -0.05) is 48.5 Å². The van der Waals surface area contributed by atoms with Crippen LogP contribution < -0.4 is 0 Å². The summed E-state index contributed by atoms with van der Waals surface area (Å²) >= 11 is 1.48. The Kier molecular flexibility index (Phi) is 4.88. The van der Waals surface area contributed by atoms with Gasteiger partial charge in [0.1, 0.15) is 11.1 Å². The highest BCUT2D eigenvalue weighted by atomic mass is 32.1. The number of hydrogen-bond donors (Lipinski definition) is 0. The van der Waals surface area contributed by atoms with Gasteiger partial charge in [-0.05, 0) is 32.1 Å². The first-order chi connectivity index (χ1) is 13.7. The average Bonchev–Trinajstić information content (AvgIpc) is 3.33. The molecule has 28 heavy (non-hydrogen) atoms. The highest BCUT2D eigenvalue weighted by Gasteiger charge is 2.14. The molecule has 136 valence electrons. The number of thiazole rings is 1. The summed E-state index contributed by atoms with van der Waals surface area (Å²) in [6.07, 6.45) is 1.89.